The number of amides is 3. The summed E-state index contributed by atoms with van der Waals surface area (Å²) in [6, 6.07) is -0.588. The number of primary amides is 1. The number of likely N-dealkylation sites (N-methyl/N-ethyl adjacent to an activating group) is 1. The normalized spacial score (nSPS) is 31.5. The van der Waals surface area contributed by atoms with Crippen LogP contribution in [0.2, 0.25) is 0 Å². The van der Waals surface area contributed by atoms with Crippen molar-refractivity contribution in [3.63, 3.8) is 0 Å². The summed E-state index contributed by atoms with van der Waals surface area (Å²) >= 11 is 1.39. The Hall–Kier alpha value is -1.86. The number of hydrogen-bond acceptors (Lipinski definition) is 8. The quantitative estimate of drug-likeness (QED) is 0.228. The number of nitrogens with zero attached hydrogens (tertiary/aromatic N) is 3. The lowest BCUT2D eigenvalue weighted by molar-refractivity contribution is -0.912. The molecule has 0 aromatic carbocycles. The van der Waals surface area contributed by atoms with Crippen LogP contribution in [-0.2, 0) is 19.2 Å². The number of quaternary nitrogens is 1. The fourth-order valence-electron chi connectivity index (χ4n) is 5.66. The number of nitrogens with one attached hydrogen (secondary N) is 1. The molecule has 0 spiro atoms. The van der Waals surface area contributed by atoms with Gasteiger partial charge in [-0.05, 0) is 13.3 Å². The summed E-state index contributed by atoms with van der Waals surface area (Å²) in [4.78, 5) is 52.3. The Morgan fingerprint density at radius 2 is 1.94 bits per heavy atom. The lowest BCUT2D eigenvalue weighted by Crippen LogP contribution is -2.69. The molecular weight excluding hydrogens is 498 g/mol. The van der Waals surface area contributed by atoms with Crippen LogP contribution in [0.5, 0.6) is 0 Å². The number of nitrogens with two attached hydrogens (primary N) is 1. The number of thioether (sulfide) groups is 1. The molecule has 11 nitrogen and oxygen atoms in total. The summed E-state index contributed by atoms with van der Waals surface area (Å²) in [7, 11) is 3.86. The molecule has 0 aromatic rings. The molecule has 196 valence electrons. The number of likely N-dealkylation sites (tertiary alicyclic amines) is 1. The minimum Gasteiger partial charge on any atom is -0.543 e. The molecule has 0 aromatic heterocycles. The first-order chi connectivity index (χ1) is 15.8. The number of halogens is 1. The second kappa shape index (κ2) is 9.89. The van der Waals surface area contributed by atoms with Crippen LogP contribution in [0, 0.1) is 11.8 Å². The third kappa shape index (κ3) is 4.78. The van der Waals surface area contributed by atoms with E-state index in [2.05, 4.69) is 5.32 Å². The second-order valence-corrected chi connectivity index (χ2v) is 11.8. The Morgan fingerprint density at radius 1 is 1.31 bits per heavy atom. The first kappa shape index (κ1) is 27.7. The van der Waals surface area contributed by atoms with Gasteiger partial charge in [0.25, 0.3) is 5.91 Å². The van der Waals surface area contributed by atoms with Crippen molar-refractivity contribution in [2.24, 2.45) is 17.6 Å². The van der Waals surface area contributed by atoms with Gasteiger partial charge in [-0.2, -0.15) is 0 Å². The van der Waals surface area contributed by atoms with Gasteiger partial charge in [-0.3, -0.25) is 14.4 Å². The van der Waals surface area contributed by atoms with Crippen LogP contribution in [-0.4, -0.2) is 113 Å². The SMILES string of the molecule is C[C@@H](O)[C@H]1C(=O)N2C(C(=O)[O-])=C(S[C@@H]3CN[C@H](C(=O)N4CC([N+](C)(C)CC(N)=O)C4)C3)[C@H](C)[C@H]12.Cl. The first-order valence-corrected chi connectivity index (χ1v) is 12.5. The van der Waals surface area contributed by atoms with E-state index in [0.29, 0.717) is 35.4 Å². The van der Waals surface area contributed by atoms with Crippen LogP contribution in [0.25, 0.3) is 0 Å². The molecule has 3 saturated heterocycles. The summed E-state index contributed by atoms with van der Waals surface area (Å²) in [5, 5.41) is 25.1. The summed E-state index contributed by atoms with van der Waals surface area (Å²) in [5.74, 6) is -2.99. The molecule has 0 bridgehead atoms. The van der Waals surface area contributed by atoms with Gasteiger partial charge in [0.2, 0.25) is 11.8 Å². The number of aliphatic hydroxyl groups excluding tert-OH is 1. The number of fused-ring (bicyclic) bond motifs is 1. The number of rotatable bonds is 8. The maximum atomic E-state index is 13.0. The van der Waals surface area contributed by atoms with E-state index in [4.69, 9.17) is 5.73 Å². The number of carboxylic acids is 1. The van der Waals surface area contributed by atoms with Crippen molar-refractivity contribution in [3.05, 3.63) is 10.6 Å². The zero-order valence-electron chi connectivity index (χ0n) is 20.3. The van der Waals surface area contributed by atoms with Crippen LogP contribution in [0.15, 0.2) is 10.6 Å². The van der Waals surface area contributed by atoms with Gasteiger partial charge in [-0.15, -0.1) is 24.2 Å². The van der Waals surface area contributed by atoms with Gasteiger partial charge in [0, 0.05) is 22.6 Å². The molecule has 0 saturated carbocycles. The lowest BCUT2D eigenvalue weighted by atomic mass is 9.79. The summed E-state index contributed by atoms with van der Waals surface area (Å²) < 4.78 is 0.442. The number of aliphatic hydroxyl groups is 1. The van der Waals surface area contributed by atoms with Crippen LogP contribution in [0.1, 0.15) is 20.3 Å². The molecule has 13 heteroatoms. The standard InChI is InChI=1S/C22H33N5O6S.ClH/c1-10-17-16(11(2)28)21(31)26(17)18(22(32)33)19(10)34-13-5-14(24-6-13)20(30)25-7-12(8-25)27(3,4)9-15(23)29;/h10-14,16-17,24,28H,5-9H2,1-4H3,(H2-,23,29,32,33);1H/t10-,11-,13+,14+,16-,17-;/m1./s1. The fraction of sp³-hybridized carbons (Fsp3) is 0.727. The molecule has 3 fully saturated rings. The second-order valence-electron chi connectivity index (χ2n) is 10.5. The van der Waals surface area contributed by atoms with E-state index in [1.165, 1.54) is 16.7 Å². The Balaban J connectivity index is 0.00000342. The number of aliphatic carboxylic acids is 1. The Kier molecular flexibility index (Phi) is 7.83. The van der Waals surface area contributed by atoms with Crippen LogP contribution < -0.4 is 16.2 Å². The zero-order chi connectivity index (χ0) is 25.1. The zero-order valence-corrected chi connectivity index (χ0v) is 21.9. The van der Waals surface area contributed by atoms with Gasteiger partial charge in [0.15, 0.2) is 6.54 Å². The third-order valence-corrected chi connectivity index (χ3v) is 9.22. The van der Waals surface area contributed by atoms with E-state index in [1.807, 2.05) is 21.0 Å². The summed E-state index contributed by atoms with van der Waals surface area (Å²) in [6.45, 7) is 5.29. The van der Waals surface area contributed by atoms with Crippen LogP contribution >= 0.6 is 24.2 Å². The van der Waals surface area contributed by atoms with Gasteiger partial charge in [0.05, 0.1) is 63.0 Å². The molecule has 0 radical (unpaired) electrons. The van der Waals surface area contributed by atoms with E-state index in [1.54, 1.807) is 11.8 Å². The third-order valence-electron chi connectivity index (χ3n) is 7.71. The van der Waals surface area contributed by atoms with Gasteiger partial charge in [0.1, 0.15) is 6.04 Å². The molecule has 0 unspecified atom stereocenters. The molecule has 35 heavy (non-hydrogen) atoms. The number of β-lactam (4-membered cyclic amide) rings is 1. The Labute approximate surface area is 215 Å². The van der Waals surface area contributed by atoms with Crippen molar-refractivity contribution in [1.82, 2.24) is 15.1 Å². The predicted octanol–water partition coefficient (Wildman–Crippen LogP) is -2.54. The number of carbonyl (C=O) groups excluding carboxylic acids is 4. The van der Waals surface area contributed by atoms with Gasteiger partial charge in [-0.1, -0.05) is 6.92 Å². The largest absolute Gasteiger partial charge is 0.543 e. The van der Waals surface area contributed by atoms with Gasteiger partial charge < -0.3 is 40.3 Å². The number of carboxylic acid groups (broad SMARTS) is 1. The molecule has 4 N–H and O–H groups in total. The van der Waals surface area contributed by atoms with Crippen molar-refractivity contribution in [2.45, 2.75) is 49.7 Å². The van der Waals surface area contributed by atoms with E-state index >= 15 is 0 Å². The van der Waals surface area contributed by atoms with E-state index < -0.39 is 18.0 Å². The van der Waals surface area contributed by atoms with Gasteiger partial charge >= 0.3 is 0 Å². The minimum atomic E-state index is -1.39. The fourth-order valence-corrected chi connectivity index (χ4v) is 7.13. The van der Waals surface area contributed by atoms with E-state index in [0.717, 1.165) is 0 Å². The minimum absolute atomic E-state index is 0. The highest BCUT2D eigenvalue weighted by Gasteiger charge is 2.59. The van der Waals surface area contributed by atoms with Crippen molar-refractivity contribution in [2.75, 3.05) is 40.3 Å². The first-order valence-electron chi connectivity index (χ1n) is 11.6. The summed E-state index contributed by atoms with van der Waals surface area (Å²) in [5.41, 5.74) is 5.24. The number of carbonyl (C=O) groups is 4. The molecule has 3 amide bonds. The van der Waals surface area contributed by atoms with Crippen LogP contribution in [0.4, 0.5) is 0 Å². The Morgan fingerprint density at radius 3 is 2.49 bits per heavy atom. The molecule has 6 atom stereocenters. The molecule has 4 aliphatic rings. The maximum Gasteiger partial charge on any atom is 0.272 e. The van der Waals surface area contributed by atoms with Crippen LogP contribution in [0.3, 0.4) is 0 Å². The predicted molar refractivity (Wildman–Crippen MR) is 129 cm³/mol. The number of hydrogen-bond donors (Lipinski definition) is 3. The highest BCUT2D eigenvalue weighted by atomic mass is 35.5. The van der Waals surface area contributed by atoms with Crippen molar-refractivity contribution >= 4 is 47.9 Å². The molecular formula is C22H34ClN5O6S. The molecule has 0 aliphatic carbocycles. The van der Waals surface area contributed by atoms with Crippen molar-refractivity contribution in [1.29, 1.82) is 0 Å². The van der Waals surface area contributed by atoms with E-state index in [9.17, 15) is 29.4 Å². The Bertz CT molecular complexity index is 953. The lowest BCUT2D eigenvalue weighted by Gasteiger charge is -2.48. The maximum absolute atomic E-state index is 13.0. The summed E-state index contributed by atoms with van der Waals surface area (Å²) in [6.07, 6.45) is -0.315. The van der Waals surface area contributed by atoms with Gasteiger partial charge in [-0.25, -0.2) is 0 Å². The highest BCUT2D eigenvalue weighted by molar-refractivity contribution is 8.03. The molecule has 4 rings (SSSR count). The molecule has 4 aliphatic heterocycles. The topological polar surface area (TPSA) is 156 Å². The van der Waals surface area contributed by atoms with Crippen molar-refractivity contribution < 1.29 is 33.9 Å². The van der Waals surface area contributed by atoms with Crippen molar-refractivity contribution in [3.8, 4) is 0 Å². The average molecular weight is 532 g/mol. The highest BCUT2D eigenvalue weighted by Crippen LogP contribution is 2.51. The molecule has 4 heterocycles. The average Bonchev–Trinajstić information content (AvgIpc) is 3.21. The monoisotopic (exact) mass is 531 g/mol. The smallest absolute Gasteiger partial charge is 0.272 e. The van der Waals surface area contributed by atoms with E-state index in [-0.39, 0.29) is 71.7 Å².